The van der Waals surface area contributed by atoms with Gasteiger partial charge in [-0.2, -0.15) is 0 Å². The number of benzene rings is 3. The Morgan fingerprint density at radius 3 is 2.64 bits per heavy atom. The van der Waals surface area contributed by atoms with Gasteiger partial charge in [0.25, 0.3) is 0 Å². The predicted octanol–water partition coefficient (Wildman–Crippen LogP) is 5.73. The predicted molar refractivity (Wildman–Crippen MR) is 101 cm³/mol. The third kappa shape index (κ3) is 3.03. The summed E-state index contributed by atoms with van der Waals surface area (Å²) < 4.78 is 7.38. The highest BCUT2D eigenvalue weighted by molar-refractivity contribution is 14.1. The number of rotatable bonds is 2. The summed E-state index contributed by atoms with van der Waals surface area (Å²) in [6.07, 6.45) is 0. The molecule has 0 saturated carbocycles. The summed E-state index contributed by atoms with van der Waals surface area (Å²) in [5.74, 6) is 0.174. The van der Waals surface area contributed by atoms with Gasteiger partial charge >= 0.3 is 5.97 Å². The highest BCUT2D eigenvalue weighted by atomic mass is 127. The molecule has 0 radical (unpaired) electrons. The topological polar surface area (TPSA) is 26.3 Å². The van der Waals surface area contributed by atoms with Gasteiger partial charge in [0, 0.05) is 3.57 Å². The molecule has 0 aromatic heterocycles. The normalized spacial score (nSPS) is 10.7. The van der Waals surface area contributed by atoms with Crippen LogP contribution in [0.25, 0.3) is 10.8 Å². The van der Waals surface area contributed by atoms with E-state index >= 15 is 0 Å². The van der Waals surface area contributed by atoms with Gasteiger partial charge in [-0.15, -0.1) is 0 Å². The lowest BCUT2D eigenvalue weighted by Gasteiger charge is -2.09. The van der Waals surface area contributed by atoms with E-state index in [1.165, 1.54) is 0 Å². The van der Waals surface area contributed by atoms with Gasteiger partial charge in [0.05, 0.1) is 10.0 Å². The maximum absolute atomic E-state index is 12.3. The van der Waals surface area contributed by atoms with Gasteiger partial charge in [-0.05, 0) is 80.0 Å². The molecule has 0 heterocycles. The van der Waals surface area contributed by atoms with Crippen molar-refractivity contribution in [1.29, 1.82) is 0 Å². The zero-order valence-electron chi connectivity index (χ0n) is 11.8. The minimum Gasteiger partial charge on any atom is -0.422 e. The summed E-state index contributed by atoms with van der Waals surface area (Å²) in [6.45, 7) is 2.01. The molecule has 3 aromatic carbocycles. The summed E-state index contributed by atoms with van der Waals surface area (Å²) in [5, 5.41) is 2.12. The van der Waals surface area contributed by atoms with E-state index in [9.17, 15) is 4.79 Å². The van der Waals surface area contributed by atoms with Crippen molar-refractivity contribution in [3.8, 4) is 5.75 Å². The van der Waals surface area contributed by atoms with Crippen molar-refractivity contribution in [2.24, 2.45) is 0 Å². The molecule has 22 heavy (non-hydrogen) atoms. The van der Waals surface area contributed by atoms with Crippen molar-refractivity contribution >= 4 is 55.3 Å². The zero-order valence-corrected chi connectivity index (χ0v) is 15.5. The second-order valence-electron chi connectivity index (χ2n) is 4.95. The maximum atomic E-state index is 12.3. The van der Waals surface area contributed by atoms with E-state index in [-0.39, 0.29) is 5.97 Å². The molecule has 0 spiro atoms. The summed E-state index contributed by atoms with van der Waals surface area (Å²) in [5.41, 5.74) is 1.69. The summed E-state index contributed by atoms with van der Waals surface area (Å²) in [4.78, 5) is 12.3. The summed E-state index contributed by atoms with van der Waals surface area (Å²) >= 11 is 5.75. The van der Waals surface area contributed by atoms with Gasteiger partial charge in [-0.1, -0.05) is 36.4 Å². The fourth-order valence-corrected chi connectivity index (χ4v) is 3.26. The Kier molecular flexibility index (Phi) is 4.49. The van der Waals surface area contributed by atoms with E-state index in [4.69, 9.17) is 4.74 Å². The van der Waals surface area contributed by atoms with Gasteiger partial charge in [0.15, 0.2) is 0 Å². The molecule has 0 bridgehead atoms. The minimum absolute atomic E-state index is 0.353. The van der Waals surface area contributed by atoms with Crippen LogP contribution in [-0.2, 0) is 0 Å². The van der Waals surface area contributed by atoms with Crippen LogP contribution in [0.2, 0.25) is 0 Å². The molecule has 0 atom stereocenters. The number of ether oxygens (including phenoxy) is 1. The third-order valence-electron chi connectivity index (χ3n) is 3.44. The zero-order chi connectivity index (χ0) is 15.7. The van der Waals surface area contributed by atoms with Crippen molar-refractivity contribution in [3.05, 3.63) is 73.8 Å². The summed E-state index contributed by atoms with van der Waals surface area (Å²) in [7, 11) is 0. The number of fused-ring (bicyclic) bond motifs is 1. The molecule has 0 aliphatic carbocycles. The van der Waals surface area contributed by atoms with E-state index in [1.807, 2.05) is 55.5 Å². The molecule has 0 aliphatic heterocycles. The second kappa shape index (κ2) is 6.38. The van der Waals surface area contributed by atoms with Crippen LogP contribution in [0.5, 0.6) is 5.75 Å². The smallest absolute Gasteiger partial charge is 0.343 e. The third-order valence-corrected chi connectivity index (χ3v) is 5.42. The Bertz CT molecular complexity index is 874. The van der Waals surface area contributed by atoms with Gasteiger partial charge in [0.1, 0.15) is 5.75 Å². The fraction of sp³-hybridized carbons (Fsp3) is 0.0556. The summed E-state index contributed by atoms with van der Waals surface area (Å²) in [6, 6.07) is 17.3. The first-order chi connectivity index (χ1) is 10.6. The highest BCUT2D eigenvalue weighted by Crippen LogP contribution is 2.33. The maximum Gasteiger partial charge on any atom is 0.343 e. The first kappa shape index (κ1) is 15.5. The van der Waals surface area contributed by atoms with Crippen molar-refractivity contribution in [2.45, 2.75) is 6.92 Å². The van der Waals surface area contributed by atoms with Crippen molar-refractivity contribution in [2.75, 3.05) is 0 Å². The number of carbonyl (C=O) groups excluding carboxylic acids is 1. The van der Waals surface area contributed by atoms with Crippen LogP contribution >= 0.6 is 38.5 Å². The van der Waals surface area contributed by atoms with Crippen LogP contribution in [0, 0.1) is 10.5 Å². The average molecular weight is 467 g/mol. The lowest BCUT2D eigenvalue weighted by Crippen LogP contribution is -2.09. The molecule has 0 fully saturated rings. The Morgan fingerprint density at radius 2 is 1.86 bits per heavy atom. The van der Waals surface area contributed by atoms with Crippen LogP contribution in [0.4, 0.5) is 0 Å². The van der Waals surface area contributed by atoms with Crippen LogP contribution in [0.1, 0.15) is 15.9 Å². The molecule has 3 rings (SSSR count). The Hall–Kier alpha value is -1.40. The van der Waals surface area contributed by atoms with Gasteiger partial charge in [-0.25, -0.2) is 4.79 Å². The quantitative estimate of drug-likeness (QED) is 0.273. The Morgan fingerprint density at radius 1 is 1.09 bits per heavy atom. The number of aryl methyl sites for hydroxylation is 1. The standard InChI is InChI=1S/C18H12BrIO2/c1-11-6-7-13(10-15(11)20)18(21)22-16-9-8-12-4-2-3-5-14(12)17(16)19/h2-10H,1H3. The van der Waals surface area contributed by atoms with E-state index in [1.54, 1.807) is 6.07 Å². The molecular formula is C18H12BrIO2. The van der Waals surface area contributed by atoms with E-state index in [0.717, 1.165) is 24.4 Å². The monoisotopic (exact) mass is 466 g/mol. The van der Waals surface area contributed by atoms with Gasteiger partial charge in [-0.3, -0.25) is 0 Å². The van der Waals surface area contributed by atoms with Crippen LogP contribution in [0.15, 0.2) is 59.1 Å². The van der Waals surface area contributed by atoms with Crippen molar-refractivity contribution in [3.63, 3.8) is 0 Å². The molecule has 4 heteroatoms. The number of hydrogen-bond donors (Lipinski definition) is 0. The number of hydrogen-bond acceptors (Lipinski definition) is 2. The van der Waals surface area contributed by atoms with Crippen molar-refractivity contribution < 1.29 is 9.53 Å². The molecule has 110 valence electrons. The molecule has 0 amide bonds. The molecule has 2 nitrogen and oxygen atoms in total. The van der Waals surface area contributed by atoms with Gasteiger partial charge < -0.3 is 4.74 Å². The molecule has 0 aliphatic rings. The number of halogens is 2. The molecular weight excluding hydrogens is 455 g/mol. The van der Waals surface area contributed by atoms with Crippen LogP contribution in [-0.4, -0.2) is 5.97 Å². The first-order valence-corrected chi connectivity index (χ1v) is 8.59. The highest BCUT2D eigenvalue weighted by Gasteiger charge is 2.13. The largest absolute Gasteiger partial charge is 0.422 e. The average Bonchev–Trinajstić information content (AvgIpc) is 2.53. The Balaban J connectivity index is 1.94. The van der Waals surface area contributed by atoms with Gasteiger partial charge in [0.2, 0.25) is 0 Å². The lowest BCUT2D eigenvalue weighted by molar-refractivity contribution is 0.0734. The SMILES string of the molecule is Cc1ccc(C(=O)Oc2ccc3ccccc3c2Br)cc1I. The van der Waals surface area contributed by atoms with Crippen LogP contribution < -0.4 is 4.74 Å². The fourth-order valence-electron chi connectivity index (χ4n) is 2.17. The molecule has 0 unspecified atom stereocenters. The van der Waals surface area contributed by atoms with E-state index < -0.39 is 0 Å². The minimum atomic E-state index is -0.353. The molecule has 0 N–H and O–H groups in total. The number of esters is 1. The van der Waals surface area contributed by atoms with Crippen LogP contribution in [0.3, 0.4) is 0 Å². The molecule has 0 saturated heterocycles. The lowest BCUT2D eigenvalue weighted by atomic mass is 10.1. The Labute approximate surface area is 150 Å². The van der Waals surface area contributed by atoms with E-state index in [0.29, 0.717) is 11.3 Å². The second-order valence-corrected chi connectivity index (χ2v) is 6.91. The van der Waals surface area contributed by atoms with E-state index in [2.05, 4.69) is 38.5 Å². The first-order valence-electron chi connectivity index (χ1n) is 6.72. The van der Waals surface area contributed by atoms with Crippen molar-refractivity contribution in [1.82, 2.24) is 0 Å². The number of carbonyl (C=O) groups is 1. The molecule has 3 aromatic rings.